The van der Waals surface area contributed by atoms with E-state index in [9.17, 15) is 0 Å². The van der Waals surface area contributed by atoms with Crippen LogP contribution in [-0.4, -0.2) is 4.57 Å². The standard InChI is InChI=1S/C41H25N/c1-2-13-27-26(12-1)24-25-35-39(27)30-16-3-7-18-32(30)41(35)33-19-8-4-17-31(33)40-34(41)20-11-23-38(40)42-36-21-9-5-14-28(36)29-15-6-10-22-37(29)42/h1-25H. The van der Waals surface area contributed by atoms with Crippen LogP contribution in [0.3, 0.4) is 0 Å². The first-order valence-electron chi connectivity index (χ1n) is 14.7. The second-order valence-corrected chi connectivity index (χ2v) is 11.6. The van der Waals surface area contributed by atoms with E-state index in [-0.39, 0.29) is 5.41 Å². The lowest BCUT2D eigenvalue weighted by Crippen LogP contribution is -2.25. The molecule has 1 nitrogen and oxygen atoms in total. The highest BCUT2D eigenvalue weighted by molar-refractivity contribution is 6.11. The van der Waals surface area contributed by atoms with Crippen LogP contribution in [0.5, 0.6) is 0 Å². The maximum Gasteiger partial charge on any atom is 0.0726 e. The Kier molecular flexibility index (Phi) is 4.18. The molecule has 8 aromatic rings. The van der Waals surface area contributed by atoms with Crippen molar-refractivity contribution in [3.63, 3.8) is 0 Å². The fourth-order valence-electron chi connectivity index (χ4n) is 8.31. The highest BCUT2D eigenvalue weighted by Gasteiger charge is 2.52. The van der Waals surface area contributed by atoms with Gasteiger partial charge in [-0.25, -0.2) is 0 Å². The normalized spacial score (nSPS) is 16.2. The molecule has 0 amide bonds. The predicted molar refractivity (Wildman–Crippen MR) is 175 cm³/mol. The van der Waals surface area contributed by atoms with Gasteiger partial charge in [-0.05, 0) is 67.9 Å². The summed E-state index contributed by atoms with van der Waals surface area (Å²) in [5, 5.41) is 5.18. The van der Waals surface area contributed by atoms with Crippen LogP contribution < -0.4 is 0 Å². The van der Waals surface area contributed by atoms with Gasteiger partial charge in [-0.15, -0.1) is 0 Å². The summed E-state index contributed by atoms with van der Waals surface area (Å²) in [4.78, 5) is 0. The van der Waals surface area contributed by atoms with Crippen LogP contribution in [0.15, 0.2) is 152 Å². The van der Waals surface area contributed by atoms with Crippen molar-refractivity contribution in [3.8, 4) is 27.9 Å². The zero-order valence-corrected chi connectivity index (χ0v) is 22.9. The summed E-state index contributed by atoms with van der Waals surface area (Å²) in [7, 11) is 0. The number of rotatable bonds is 1. The van der Waals surface area contributed by atoms with Gasteiger partial charge in [-0.1, -0.05) is 133 Å². The SMILES string of the molecule is c1ccc2c(c1)-c1c(-n3c4ccccc4c4ccccc43)cccc1C21c2ccccc2-c2c1ccc1ccccc21. The summed E-state index contributed by atoms with van der Waals surface area (Å²) in [5.41, 5.74) is 14.2. The summed E-state index contributed by atoms with van der Waals surface area (Å²) in [6.45, 7) is 0. The minimum absolute atomic E-state index is 0.378. The average molecular weight is 532 g/mol. The average Bonchev–Trinajstić information content (AvgIpc) is 3.67. The molecule has 0 fully saturated rings. The molecule has 2 aliphatic carbocycles. The molecule has 1 aromatic heterocycles. The molecule has 42 heavy (non-hydrogen) atoms. The van der Waals surface area contributed by atoms with Crippen molar-refractivity contribution in [2.45, 2.75) is 5.41 Å². The topological polar surface area (TPSA) is 4.93 Å². The summed E-state index contributed by atoms with van der Waals surface area (Å²) in [6, 6.07) is 56.4. The summed E-state index contributed by atoms with van der Waals surface area (Å²) >= 11 is 0. The van der Waals surface area contributed by atoms with Crippen molar-refractivity contribution < 1.29 is 0 Å². The number of hydrogen-bond donors (Lipinski definition) is 0. The maximum absolute atomic E-state index is 2.49. The maximum atomic E-state index is 2.49. The van der Waals surface area contributed by atoms with Crippen LogP contribution in [-0.2, 0) is 5.41 Å². The van der Waals surface area contributed by atoms with Gasteiger partial charge < -0.3 is 4.57 Å². The van der Waals surface area contributed by atoms with Gasteiger partial charge in [-0.3, -0.25) is 0 Å². The Labute approximate surface area is 243 Å². The molecule has 10 rings (SSSR count). The molecular formula is C41H25N. The Morgan fingerprint density at radius 1 is 0.357 bits per heavy atom. The van der Waals surface area contributed by atoms with E-state index in [4.69, 9.17) is 0 Å². The minimum atomic E-state index is -0.378. The van der Waals surface area contributed by atoms with Gasteiger partial charge in [0.05, 0.1) is 22.1 Å². The van der Waals surface area contributed by atoms with Crippen LogP contribution in [0.4, 0.5) is 0 Å². The Morgan fingerprint density at radius 2 is 0.881 bits per heavy atom. The fourth-order valence-corrected chi connectivity index (χ4v) is 8.31. The first-order chi connectivity index (χ1) is 20.9. The van der Waals surface area contributed by atoms with Crippen molar-refractivity contribution in [3.05, 3.63) is 174 Å². The van der Waals surface area contributed by atoms with E-state index in [1.54, 1.807) is 0 Å². The molecule has 1 heterocycles. The molecule has 0 N–H and O–H groups in total. The van der Waals surface area contributed by atoms with Gasteiger partial charge in [0, 0.05) is 16.3 Å². The molecule has 194 valence electrons. The second kappa shape index (κ2) is 7.87. The van der Waals surface area contributed by atoms with Crippen LogP contribution in [0.25, 0.3) is 60.5 Å². The molecule has 1 atom stereocenters. The number of benzene rings is 7. The highest BCUT2D eigenvalue weighted by Crippen LogP contribution is 2.64. The van der Waals surface area contributed by atoms with Gasteiger partial charge in [-0.2, -0.15) is 0 Å². The lowest BCUT2D eigenvalue weighted by Gasteiger charge is -2.30. The molecule has 2 aliphatic rings. The van der Waals surface area contributed by atoms with Crippen LogP contribution in [0.1, 0.15) is 22.3 Å². The zero-order valence-electron chi connectivity index (χ0n) is 22.9. The summed E-state index contributed by atoms with van der Waals surface area (Å²) in [6.07, 6.45) is 0. The van der Waals surface area contributed by atoms with Crippen molar-refractivity contribution in [1.82, 2.24) is 4.57 Å². The molecule has 1 heteroatoms. The fraction of sp³-hybridized carbons (Fsp3) is 0.0244. The van der Waals surface area contributed by atoms with Gasteiger partial charge in [0.1, 0.15) is 0 Å². The smallest absolute Gasteiger partial charge is 0.0726 e. The number of para-hydroxylation sites is 2. The number of fused-ring (bicyclic) bond motifs is 15. The summed E-state index contributed by atoms with van der Waals surface area (Å²) < 4.78 is 2.49. The van der Waals surface area contributed by atoms with E-state index in [0.29, 0.717) is 0 Å². The second-order valence-electron chi connectivity index (χ2n) is 11.6. The van der Waals surface area contributed by atoms with Crippen LogP contribution in [0, 0.1) is 0 Å². The Balaban J connectivity index is 1.40. The molecule has 0 radical (unpaired) electrons. The van der Waals surface area contributed by atoms with Gasteiger partial charge >= 0.3 is 0 Å². The third-order valence-corrected chi connectivity index (χ3v) is 9.80. The van der Waals surface area contributed by atoms with E-state index in [0.717, 1.165) is 0 Å². The number of nitrogens with zero attached hydrogens (tertiary/aromatic N) is 1. The van der Waals surface area contributed by atoms with Crippen molar-refractivity contribution >= 4 is 32.6 Å². The van der Waals surface area contributed by atoms with Gasteiger partial charge in [0.2, 0.25) is 0 Å². The monoisotopic (exact) mass is 531 g/mol. The first kappa shape index (κ1) is 22.3. The Hall–Kier alpha value is -5.40. The molecule has 7 aromatic carbocycles. The van der Waals surface area contributed by atoms with Gasteiger partial charge in [0.15, 0.2) is 0 Å². The van der Waals surface area contributed by atoms with E-state index in [2.05, 4.69) is 156 Å². The highest BCUT2D eigenvalue weighted by atomic mass is 15.0. The van der Waals surface area contributed by atoms with E-state index in [1.807, 2.05) is 0 Å². The molecule has 0 saturated carbocycles. The minimum Gasteiger partial charge on any atom is -0.309 e. The zero-order chi connectivity index (χ0) is 27.4. The van der Waals surface area contributed by atoms with Crippen molar-refractivity contribution in [2.75, 3.05) is 0 Å². The Bertz CT molecular complexity index is 2370. The predicted octanol–water partition coefficient (Wildman–Crippen LogP) is 10.3. The Morgan fingerprint density at radius 3 is 1.60 bits per heavy atom. The van der Waals surface area contributed by atoms with Crippen LogP contribution >= 0.6 is 0 Å². The third-order valence-electron chi connectivity index (χ3n) is 9.80. The van der Waals surface area contributed by atoms with E-state index in [1.165, 1.54) is 82.8 Å². The van der Waals surface area contributed by atoms with Crippen LogP contribution in [0.2, 0.25) is 0 Å². The lowest BCUT2D eigenvalue weighted by atomic mass is 9.70. The largest absolute Gasteiger partial charge is 0.309 e. The number of hydrogen-bond acceptors (Lipinski definition) is 0. The lowest BCUT2D eigenvalue weighted by molar-refractivity contribution is 0.794. The summed E-state index contributed by atoms with van der Waals surface area (Å²) in [5.74, 6) is 0. The number of aromatic nitrogens is 1. The van der Waals surface area contributed by atoms with Gasteiger partial charge in [0.25, 0.3) is 0 Å². The molecule has 0 saturated heterocycles. The first-order valence-corrected chi connectivity index (χ1v) is 14.7. The quantitative estimate of drug-likeness (QED) is 0.199. The molecule has 0 bridgehead atoms. The molecule has 1 spiro atoms. The molecule has 0 aliphatic heterocycles. The van der Waals surface area contributed by atoms with E-state index >= 15 is 0 Å². The molecule has 1 unspecified atom stereocenters. The van der Waals surface area contributed by atoms with Crippen molar-refractivity contribution in [2.24, 2.45) is 0 Å². The molecular weight excluding hydrogens is 506 g/mol. The van der Waals surface area contributed by atoms with E-state index < -0.39 is 0 Å². The van der Waals surface area contributed by atoms with Crippen molar-refractivity contribution in [1.29, 1.82) is 0 Å². The third kappa shape index (κ3) is 2.52.